The van der Waals surface area contributed by atoms with Gasteiger partial charge in [0.25, 0.3) is 0 Å². The van der Waals surface area contributed by atoms with Crippen LogP contribution in [0.2, 0.25) is 0 Å². The third-order valence-electron chi connectivity index (χ3n) is 2.99. The number of pyridine rings is 1. The van der Waals surface area contributed by atoms with Gasteiger partial charge in [0, 0.05) is 6.20 Å². The van der Waals surface area contributed by atoms with Crippen molar-refractivity contribution in [3.8, 4) is 16.3 Å². The van der Waals surface area contributed by atoms with Gasteiger partial charge in [0.2, 0.25) is 0 Å². The van der Waals surface area contributed by atoms with Crippen molar-refractivity contribution in [2.45, 2.75) is 0 Å². The predicted molar refractivity (Wildman–Crippen MR) is 78.6 cm³/mol. The first-order valence-corrected chi connectivity index (χ1v) is 6.77. The first-order chi connectivity index (χ1) is 9.69. The molecule has 0 bridgehead atoms. The van der Waals surface area contributed by atoms with Gasteiger partial charge in [0.15, 0.2) is 0 Å². The van der Waals surface area contributed by atoms with Gasteiger partial charge in [0.05, 0.1) is 27.9 Å². The van der Waals surface area contributed by atoms with Crippen LogP contribution < -0.4 is 4.74 Å². The van der Waals surface area contributed by atoms with Crippen LogP contribution in [0.25, 0.3) is 20.7 Å². The molecule has 4 nitrogen and oxygen atoms in total. The molecule has 0 amide bonds. The van der Waals surface area contributed by atoms with E-state index in [1.54, 1.807) is 24.5 Å². The van der Waals surface area contributed by atoms with Crippen LogP contribution in [0.3, 0.4) is 0 Å². The fraction of sp³-hybridized carbons (Fsp3) is 0.0667. The fourth-order valence-electron chi connectivity index (χ4n) is 2.02. The molecular weight excluding hydrogens is 274 g/mol. The summed E-state index contributed by atoms with van der Waals surface area (Å²) in [6.07, 6.45) is 1.51. The number of hydrogen-bond donors (Lipinski definition) is 1. The summed E-state index contributed by atoms with van der Waals surface area (Å²) in [5, 5.41) is 10.1. The third-order valence-corrected chi connectivity index (χ3v) is 4.18. The number of carbonyl (C=O) groups is 1. The van der Waals surface area contributed by atoms with Crippen molar-refractivity contribution in [2.24, 2.45) is 0 Å². The molecule has 0 spiro atoms. The molecule has 1 aromatic carbocycles. The summed E-state index contributed by atoms with van der Waals surface area (Å²) in [6.45, 7) is 0. The average molecular weight is 285 g/mol. The molecule has 0 aliphatic rings. The largest absolute Gasteiger partial charge is 0.495 e. The Morgan fingerprint density at radius 1 is 1.30 bits per heavy atom. The van der Waals surface area contributed by atoms with E-state index in [-0.39, 0.29) is 5.56 Å². The van der Waals surface area contributed by atoms with Crippen LogP contribution in [0.1, 0.15) is 10.4 Å². The molecule has 0 saturated heterocycles. The Bertz CT molecular complexity index is 795. The quantitative estimate of drug-likeness (QED) is 0.797. The second-order valence-corrected chi connectivity index (χ2v) is 5.28. The van der Waals surface area contributed by atoms with Crippen LogP contribution in [0.15, 0.2) is 42.6 Å². The zero-order chi connectivity index (χ0) is 14.1. The molecule has 3 aromatic rings. The highest BCUT2D eigenvalue weighted by molar-refractivity contribution is 7.22. The van der Waals surface area contributed by atoms with E-state index < -0.39 is 5.97 Å². The summed E-state index contributed by atoms with van der Waals surface area (Å²) in [4.78, 5) is 16.2. The molecule has 0 atom stereocenters. The molecule has 0 aliphatic carbocycles. The third kappa shape index (κ3) is 2.12. The SMILES string of the molecule is COc1cccc2cc(-c3cc(C(=O)O)ccn3)sc12. The Labute approximate surface area is 119 Å². The molecule has 0 radical (unpaired) electrons. The summed E-state index contributed by atoms with van der Waals surface area (Å²) in [5.74, 6) is -0.138. The molecule has 0 fully saturated rings. The maximum Gasteiger partial charge on any atom is 0.335 e. The second kappa shape index (κ2) is 4.94. The van der Waals surface area contributed by atoms with E-state index in [2.05, 4.69) is 4.98 Å². The van der Waals surface area contributed by atoms with Gasteiger partial charge in [-0.2, -0.15) is 0 Å². The van der Waals surface area contributed by atoms with E-state index in [1.165, 1.54) is 12.3 Å². The number of fused-ring (bicyclic) bond motifs is 1. The second-order valence-electron chi connectivity index (χ2n) is 4.22. The maximum atomic E-state index is 11.0. The Hall–Kier alpha value is -2.40. The minimum Gasteiger partial charge on any atom is -0.495 e. The van der Waals surface area contributed by atoms with E-state index in [1.807, 2.05) is 24.3 Å². The highest BCUT2D eigenvalue weighted by Gasteiger charge is 2.11. The number of benzene rings is 1. The number of nitrogens with zero attached hydrogens (tertiary/aromatic N) is 1. The van der Waals surface area contributed by atoms with Crippen molar-refractivity contribution in [1.82, 2.24) is 4.98 Å². The summed E-state index contributed by atoms with van der Waals surface area (Å²) >= 11 is 1.54. The van der Waals surface area contributed by atoms with Gasteiger partial charge >= 0.3 is 5.97 Å². The zero-order valence-corrected chi connectivity index (χ0v) is 11.5. The summed E-state index contributed by atoms with van der Waals surface area (Å²) < 4.78 is 6.37. The standard InChI is InChI=1S/C15H11NO3S/c1-19-12-4-2-3-9-8-13(20-14(9)12)11-7-10(15(17)18)5-6-16-11/h2-8H,1H3,(H,17,18). The lowest BCUT2D eigenvalue weighted by atomic mass is 10.2. The van der Waals surface area contributed by atoms with Gasteiger partial charge in [-0.3, -0.25) is 4.98 Å². The fourth-order valence-corrected chi connectivity index (χ4v) is 3.14. The van der Waals surface area contributed by atoms with Crippen molar-refractivity contribution in [1.29, 1.82) is 0 Å². The lowest BCUT2D eigenvalue weighted by molar-refractivity contribution is 0.0697. The summed E-state index contributed by atoms with van der Waals surface area (Å²) in [6, 6.07) is 10.9. The zero-order valence-electron chi connectivity index (χ0n) is 10.7. The number of rotatable bonds is 3. The molecule has 100 valence electrons. The number of thiophene rings is 1. The molecule has 0 unspecified atom stereocenters. The van der Waals surface area contributed by atoms with Gasteiger partial charge in [-0.05, 0) is 29.7 Å². The van der Waals surface area contributed by atoms with Gasteiger partial charge in [0.1, 0.15) is 5.75 Å². The van der Waals surface area contributed by atoms with Crippen LogP contribution in [-0.2, 0) is 0 Å². The van der Waals surface area contributed by atoms with Gasteiger partial charge in [-0.1, -0.05) is 12.1 Å². The Kier molecular flexibility index (Phi) is 3.12. The number of aromatic carboxylic acids is 1. The first-order valence-electron chi connectivity index (χ1n) is 5.95. The molecule has 1 N–H and O–H groups in total. The van der Waals surface area contributed by atoms with Gasteiger partial charge in [-0.15, -0.1) is 11.3 Å². The molecular formula is C15H11NO3S. The van der Waals surface area contributed by atoms with Crippen molar-refractivity contribution in [3.05, 3.63) is 48.2 Å². The lowest BCUT2D eigenvalue weighted by Gasteiger charge is -1.99. The first kappa shape index (κ1) is 12.6. The maximum absolute atomic E-state index is 11.0. The van der Waals surface area contributed by atoms with Crippen LogP contribution in [0.4, 0.5) is 0 Å². The molecule has 0 aliphatic heterocycles. The molecule has 5 heteroatoms. The average Bonchev–Trinajstić information content (AvgIpc) is 2.91. The smallest absolute Gasteiger partial charge is 0.335 e. The van der Waals surface area contributed by atoms with E-state index in [0.717, 1.165) is 20.7 Å². The van der Waals surface area contributed by atoms with Gasteiger partial charge < -0.3 is 9.84 Å². The van der Waals surface area contributed by atoms with E-state index in [9.17, 15) is 4.79 Å². The highest BCUT2D eigenvalue weighted by atomic mass is 32.1. The number of aromatic nitrogens is 1. The normalized spacial score (nSPS) is 10.7. The molecule has 2 heterocycles. The number of ether oxygens (including phenoxy) is 1. The minimum absolute atomic E-state index is 0.236. The van der Waals surface area contributed by atoms with Crippen LogP contribution in [0, 0.1) is 0 Å². The lowest BCUT2D eigenvalue weighted by Crippen LogP contribution is -1.96. The van der Waals surface area contributed by atoms with Crippen molar-refractivity contribution in [2.75, 3.05) is 7.11 Å². The number of methoxy groups -OCH3 is 1. The van der Waals surface area contributed by atoms with Crippen LogP contribution in [-0.4, -0.2) is 23.2 Å². The van der Waals surface area contributed by atoms with Gasteiger partial charge in [-0.25, -0.2) is 4.79 Å². The Morgan fingerprint density at radius 2 is 2.15 bits per heavy atom. The topological polar surface area (TPSA) is 59.4 Å². The Balaban J connectivity index is 2.15. The molecule has 2 aromatic heterocycles. The van der Waals surface area contributed by atoms with Crippen molar-refractivity contribution < 1.29 is 14.6 Å². The summed E-state index contributed by atoms with van der Waals surface area (Å²) in [5.41, 5.74) is 0.896. The highest BCUT2D eigenvalue weighted by Crippen LogP contribution is 2.37. The number of carboxylic acid groups (broad SMARTS) is 1. The predicted octanol–water partition coefficient (Wildman–Crippen LogP) is 3.67. The Morgan fingerprint density at radius 3 is 2.90 bits per heavy atom. The monoisotopic (exact) mass is 285 g/mol. The number of hydrogen-bond acceptors (Lipinski definition) is 4. The van der Waals surface area contributed by atoms with Crippen LogP contribution >= 0.6 is 11.3 Å². The molecule has 3 rings (SSSR count). The summed E-state index contributed by atoms with van der Waals surface area (Å²) in [7, 11) is 1.64. The molecule has 20 heavy (non-hydrogen) atoms. The minimum atomic E-state index is -0.952. The van der Waals surface area contributed by atoms with E-state index in [0.29, 0.717) is 5.69 Å². The number of carboxylic acids is 1. The van der Waals surface area contributed by atoms with E-state index >= 15 is 0 Å². The molecule has 0 saturated carbocycles. The van der Waals surface area contributed by atoms with E-state index in [4.69, 9.17) is 9.84 Å². The van der Waals surface area contributed by atoms with Crippen molar-refractivity contribution in [3.63, 3.8) is 0 Å². The van der Waals surface area contributed by atoms with Crippen LogP contribution in [0.5, 0.6) is 5.75 Å². The van der Waals surface area contributed by atoms with Crippen molar-refractivity contribution >= 4 is 27.4 Å².